The third-order valence-corrected chi connectivity index (χ3v) is 15.7. The lowest BCUT2D eigenvalue weighted by molar-refractivity contribution is -0.247. The van der Waals surface area contributed by atoms with Gasteiger partial charge in [-0.15, -0.1) is 0 Å². The fourth-order valence-corrected chi connectivity index (χ4v) is 11.3. The van der Waals surface area contributed by atoms with Crippen molar-refractivity contribution in [2.24, 2.45) is 5.73 Å². The number of nitrogens with two attached hydrogens (primary N) is 1. The largest absolute Gasteiger partial charge is 0.507 e. The van der Waals surface area contributed by atoms with Gasteiger partial charge in [0, 0.05) is 82.2 Å². The number of carbonyl (C=O) groups excluding carboxylic acids is 4. The summed E-state index contributed by atoms with van der Waals surface area (Å²) in [4.78, 5) is 64.4. The molecule has 1 amide bonds. The molecule has 7 aromatic rings. The number of methoxy groups -OCH3 is 2. The fraction of sp³-hybridized carbons (Fsp3) is 0.293. The maximum absolute atomic E-state index is 15.2. The van der Waals surface area contributed by atoms with Gasteiger partial charge < -0.3 is 64.2 Å². The number of halogens is 2. The van der Waals surface area contributed by atoms with Crippen LogP contribution in [0.4, 0.5) is 10.1 Å². The highest BCUT2D eigenvalue weighted by Gasteiger charge is 2.50. The van der Waals surface area contributed by atoms with Gasteiger partial charge in [-0.2, -0.15) is 5.26 Å². The summed E-state index contributed by atoms with van der Waals surface area (Å²) in [5, 5.41) is 63.0. The SMILES string of the molecule is COc1cc(Cn2cncc2CC(=O)N2Cc3nc(-c4ccccc4Br)cn3Cc3c(F)cccc32)ccc1C#N.COc1cccc2c1C(=O)c1c(O)c3c(c(O)c1C2=O)C[C@@](O)(C(=O)CO)C[C@@H]3O[C@H]1C[C@H](N)[C@H](O)[C@H](C)O1. The van der Waals surface area contributed by atoms with Crippen molar-refractivity contribution in [2.75, 3.05) is 25.7 Å². The molecule has 4 aliphatic rings. The van der Waals surface area contributed by atoms with Crippen LogP contribution in [0.15, 0.2) is 102 Å². The van der Waals surface area contributed by atoms with Crippen molar-refractivity contribution in [3.63, 3.8) is 0 Å². The van der Waals surface area contributed by atoms with Crippen molar-refractivity contribution < 1.29 is 68.0 Å². The lowest BCUT2D eigenvalue weighted by atomic mass is 9.72. The van der Waals surface area contributed by atoms with Crippen molar-refractivity contribution >= 4 is 44.9 Å². The molecule has 1 fully saturated rings. The van der Waals surface area contributed by atoms with Gasteiger partial charge in [0.2, 0.25) is 11.7 Å². The van der Waals surface area contributed by atoms with Crippen LogP contribution >= 0.6 is 15.9 Å². The number of fused-ring (bicyclic) bond motifs is 5. The predicted octanol–water partition coefficient (Wildman–Crippen LogP) is 5.72. The third kappa shape index (κ3) is 10.0. The summed E-state index contributed by atoms with van der Waals surface area (Å²) in [6.45, 7) is 1.46. The van der Waals surface area contributed by atoms with Crippen LogP contribution in [-0.4, -0.2) is 119 Å². The molecule has 7 N–H and O–H groups in total. The molecule has 11 rings (SSSR count). The van der Waals surface area contributed by atoms with Gasteiger partial charge in [-0.3, -0.25) is 19.2 Å². The molecule has 4 heterocycles. The molecule has 0 saturated carbocycles. The average molecular weight is 1150 g/mol. The molecule has 0 spiro atoms. The molecular weight excluding hydrogens is 1100 g/mol. The van der Waals surface area contributed by atoms with E-state index >= 15 is 4.39 Å². The van der Waals surface area contributed by atoms with Crippen molar-refractivity contribution in [2.45, 2.75) is 88.5 Å². The number of benzene rings is 5. The number of phenols is 2. The van der Waals surface area contributed by atoms with Gasteiger partial charge in [0.15, 0.2) is 17.9 Å². The van der Waals surface area contributed by atoms with Crippen LogP contribution in [0.3, 0.4) is 0 Å². The molecule has 2 aromatic heterocycles. The first-order valence-electron chi connectivity index (χ1n) is 25.3. The molecule has 5 aromatic carbocycles. The van der Waals surface area contributed by atoms with Crippen LogP contribution in [0.5, 0.6) is 23.0 Å². The van der Waals surface area contributed by atoms with Crippen LogP contribution in [0.1, 0.15) is 97.0 Å². The Balaban J connectivity index is 0.000000180. The number of aromatic hydroxyl groups is 2. The van der Waals surface area contributed by atoms with Gasteiger partial charge in [0.25, 0.3) is 0 Å². The number of ether oxygens (including phenoxy) is 4. The smallest absolute Gasteiger partial charge is 0.233 e. The van der Waals surface area contributed by atoms with Crippen LogP contribution in [0.2, 0.25) is 0 Å². The summed E-state index contributed by atoms with van der Waals surface area (Å²) in [6, 6.07) is 23.7. The Bertz CT molecular complexity index is 3680. The highest BCUT2D eigenvalue weighted by atomic mass is 79.9. The second-order valence-electron chi connectivity index (χ2n) is 19.9. The minimum Gasteiger partial charge on any atom is -0.507 e. The molecule has 2 aliphatic heterocycles. The number of anilines is 1. The second-order valence-corrected chi connectivity index (χ2v) is 20.7. The van der Waals surface area contributed by atoms with E-state index in [4.69, 9.17) is 29.7 Å². The van der Waals surface area contributed by atoms with Gasteiger partial charge in [-0.1, -0.05) is 58.4 Å². The second kappa shape index (κ2) is 22.2. The Kier molecular flexibility index (Phi) is 15.3. The summed E-state index contributed by atoms with van der Waals surface area (Å²) in [5.41, 5.74) is 7.07. The number of rotatable bonds is 11. The van der Waals surface area contributed by atoms with Crippen LogP contribution in [-0.2, 0) is 51.5 Å². The standard InChI is InChI=1S/C31H24BrFN6O2.C27H29NO11/c1-41-29-11-20(9-10-21(29)13-34)15-38-19-35-14-22(38)12-31(40)39-18-30-36-27(23-5-2-3-6-25(23)32)17-37(30)16-24-26(33)7-4-8-28(24)39;1-10-22(31)13(28)6-17(38-10)39-15-8-27(36,16(30)9-29)7-12-19(15)26(35)21-20(24(12)33)23(32)11-4-3-5-14(37-2)18(11)25(21)34/h2-11,14,17,19H,12,15-16,18H2,1H3;3-5,10,13,15,17,22,29,31,33,35-36H,6-9,28H2,1-2H3/t;10-,13-,15-,17-,22+,27-/m.0/s1. The van der Waals surface area contributed by atoms with E-state index in [0.29, 0.717) is 40.6 Å². The number of amides is 1. The monoisotopic (exact) mass is 1150 g/mol. The van der Waals surface area contributed by atoms with Gasteiger partial charge in [0.1, 0.15) is 52.9 Å². The minimum atomic E-state index is -2.24. The normalized spacial score (nSPS) is 20.9. The van der Waals surface area contributed by atoms with Crippen LogP contribution in [0.25, 0.3) is 11.3 Å². The Morgan fingerprint density at radius 3 is 2.41 bits per heavy atom. The number of hydrogen-bond donors (Lipinski definition) is 6. The number of imidazole rings is 2. The van der Waals surface area contributed by atoms with E-state index in [1.165, 1.54) is 38.5 Å². The number of hydrogen-bond acceptors (Lipinski definition) is 17. The third-order valence-electron chi connectivity index (χ3n) is 15.0. The molecule has 0 radical (unpaired) electrons. The number of nitrogens with zero attached hydrogens (tertiary/aromatic N) is 6. The van der Waals surface area contributed by atoms with E-state index in [1.807, 2.05) is 45.7 Å². The molecule has 80 heavy (non-hydrogen) atoms. The zero-order chi connectivity index (χ0) is 56.9. The van der Waals surface area contributed by atoms with E-state index in [-0.39, 0.29) is 65.7 Å². The van der Waals surface area contributed by atoms with Crippen molar-refractivity contribution in [3.8, 4) is 40.3 Å². The first-order valence-corrected chi connectivity index (χ1v) is 26.1. The Morgan fingerprint density at radius 2 is 1.69 bits per heavy atom. The number of aliphatic hydroxyl groups is 3. The summed E-state index contributed by atoms with van der Waals surface area (Å²) in [5.74, 6) is -3.19. The number of carbonyl (C=O) groups is 4. The molecule has 2 aliphatic carbocycles. The van der Waals surface area contributed by atoms with Gasteiger partial charge in [0.05, 0.1) is 92.0 Å². The topological polar surface area (TPSA) is 295 Å². The summed E-state index contributed by atoms with van der Waals surface area (Å²) in [6.07, 6.45) is 0.166. The number of aliphatic hydroxyl groups excluding tert-OH is 2. The van der Waals surface area contributed by atoms with Crippen LogP contribution in [0, 0.1) is 17.1 Å². The number of phenolic OH excluding ortho intramolecular Hbond substituents is 2. The summed E-state index contributed by atoms with van der Waals surface area (Å²) >= 11 is 3.59. The first-order chi connectivity index (χ1) is 38.4. The minimum absolute atomic E-state index is 0.0173. The van der Waals surface area contributed by atoms with Crippen LogP contribution < -0.4 is 20.1 Å². The Labute approximate surface area is 465 Å². The maximum Gasteiger partial charge on any atom is 0.233 e. The van der Waals surface area contributed by atoms with Gasteiger partial charge in [-0.25, -0.2) is 14.4 Å². The number of nitriles is 1. The van der Waals surface area contributed by atoms with E-state index in [9.17, 15) is 50.0 Å². The van der Waals surface area contributed by atoms with Gasteiger partial charge >= 0.3 is 0 Å². The molecule has 0 unspecified atom stereocenters. The van der Waals surface area contributed by atoms with E-state index in [0.717, 1.165) is 21.3 Å². The number of aromatic nitrogens is 4. The molecule has 1 saturated heterocycles. The summed E-state index contributed by atoms with van der Waals surface area (Å²) < 4.78 is 42.2. The van der Waals surface area contributed by atoms with E-state index in [1.54, 1.807) is 48.6 Å². The quantitative estimate of drug-likeness (QED) is 0.0845. The number of ketones is 3. The zero-order valence-corrected chi connectivity index (χ0v) is 44.9. The molecule has 412 valence electrons. The average Bonchev–Trinajstić information content (AvgIpc) is 4.10. The lowest BCUT2D eigenvalue weighted by Gasteiger charge is -2.42. The van der Waals surface area contributed by atoms with Crippen molar-refractivity contribution in [1.29, 1.82) is 5.26 Å². The highest BCUT2D eigenvalue weighted by Crippen LogP contribution is 2.53. The lowest BCUT2D eigenvalue weighted by Crippen LogP contribution is -2.53. The Hall–Kier alpha value is -8.14. The van der Waals surface area contributed by atoms with Crippen molar-refractivity contribution in [3.05, 3.63) is 169 Å². The van der Waals surface area contributed by atoms with E-state index in [2.05, 4.69) is 27.0 Å². The molecule has 0 bridgehead atoms. The molecule has 6 atom stereocenters. The predicted molar refractivity (Wildman–Crippen MR) is 287 cm³/mol. The summed E-state index contributed by atoms with van der Waals surface area (Å²) in [7, 11) is 2.85. The molecule has 20 nitrogen and oxygen atoms in total. The zero-order valence-electron chi connectivity index (χ0n) is 43.3. The molecular formula is C58H53BrFN7O13. The highest BCUT2D eigenvalue weighted by molar-refractivity contribution is 9.10. The number of Topliss-reactive ketones (excluding diaryl/α,β-unsaturated/α-hetero) is 1. The van der Waals surface area contributed by atoms with Crippen molar-refractivity contribution in [1.82, 2.24) is 19.1 Å². The first kappa shape index (κ1) is 55.2. The maximum atomic E-state index is 15.2. The fourth-order valence-electron chi connectivity index (χ4n) is 10.9. The van der Waals surface area contributed by atoms with Gasteiger partial charge in [-0.05, 0) is 48.9 Å². The molecule has 22 heteroatoms. The Morgan fingerprint density at radius 1 is 0.950 bits per heavy atom. The van der Waals surface area contributed by atoms with E-state index < -0.39 is 95.7 Å².